The highest BCUT2D eigenvalue weighted by atomic mass is 15.2. The maximum atomic E-state index is 2.41. The van der Waals surface area contributed by atoms with Crippen LogP contribution in [-0.4, -0.2) is 0 Å². The second-order valence-electron chi connectivity index (χ2n) is 7.74. The van der Waals surface area contributed by atoms with Crippen molar-refractivity contribution in [3.8, 4) is 0 Å². The predicted molar refractivity (Wildman–Crippen MR) is 107 cm³/mol. The smallest absolute Gasteiger partial charge is 0.0502 e. The molecule has 0 radical (unpaired) electrons. The van der Waals surface area contributed by atoms with Gasteiger partial charge in [0.1, 0.15) is 0 Å². The van der Waals surface area contributed by atoms with Crippen LogP contribution in [0.15, 0.2) is 72.8 Å². The van der Waals surface area contributed by atoms with Crippen molar-refractivity contribution in [3.63, 3.8) is 0 Å². The van der Waals surface area contributed by atoms with Gasteiger partial charge in [0.25, 0.3) is 0 Å². The van der Waals surface area contributed by atoms with E-state index >= 15 is 0 Å². The topological polar surface area (TPSA) is 3.24 Å². The Morgan fingerprint density at radius 1 is 0.720 bits per heavy atom. The van der Waals surface area contributed by atoms with Crippen LogP contribution in [0.25, 0.3) is 0 Å². The molecule has 126 valence electrons. The number of hydrogen-bond acceptors (Lipinski definition) is 1. The molecule has 0 bridgehead atoms. The Morgan fingerprint density at radius 2 is 1.36 bits per heavy atom. The molecule has 0 spiro atoms. The minimum absolute atomic E-state index is 0.0118. The van der Waals surface area contributed by atoms with Crippen molar-refractivity contribution >= 4 is 17.1 Å². The van der Waals surface area contributed by atoms with Gasteiger partial charge in [-0.1, -0.05) is 76.2 Å². The summed E-state index contributed by atoms with van der Waals surface area (Å²) in [5.74, 6) is 0.531. The highest BCUT2D eigenvalue weighted by Gasteiger charge is 2.36. The van der Waals surface area contributed by atoms with E-state index in [4.69, 9.17) is 0 Å². The predicted octanol–water partition coefficient (Wildman–Crippen LogP) is 6.92. The Morgan fingerprint density at radius 3 is 2.08 bits per heavy atom. The summed E-state index contributed by atoms with van der Waals surface area (Å²) in [5, 5.41) is 0. The normalized spacial score (nSPS) is 15.0. The zero-order valence-electron chi connectivity index (χ0n) is 15.5. The third-order valence-electron chi connectivity index (χ3n) is 5.43. The van der Waals surface area contributed by atoms with Crippen LogP contribution in [-0.2, 0) is 5.41 Å². The summed E-state index contributed by atoms with van der Waals surface area (Å²) in [6.45, 7) is 9.22. The van der Waals surface area contributed by atoms with E-state index in [-0.39, 0.29) is 5.41 Å². The van der Waals surface area contributed by atoms with Gasteiger partial charge in [-0.15, -0.1) is 0 Å². The number of hydrogen-bond donors (Lipinski definition) is 0. The van der Waals surface area contributed by atoms with Crippen molar-refractivity contribution in [2.24, 2.45) is 0 Å². The monoisotopic (exact) mass is 327 g/mol. The lowest BCUT2D eigenvalue weighted by atomic mass is 9.72. The number of anilines is 3. The van der Waals surface area contributed by atoms with Gasteiger partial charge < -0.3 is 4.90 Å². The highest BCUT2D eigenvalue weighted by Crippen LogP contribution is 2.52. The van der Waals surface area contributed by atoms with Gasteiger partial charge in [0.2, 0.25) is 0 Å². The molecular weight excluding hydrogens is 302 g/mol. The Kier molecular flexibility index (Phi) is 3.68. The second kappa shape index (κ2) is 5.77. The molecule has 3 aromatic carbocycles. The molecular formula is C24H25N. The van der Waals surface area contributed by atoms with Crippen LogP contribution in [0.2, 0.25) is 0 Å². The first-order valence-electron chi connectivity index (χ1n) is 9.09. The van der Waals surface area contributed by atoms with Gasteiger partial charge in [-0.05, 0) is 46.9 Å². The third kappa shape index (κ3) is 2.46. The van der Waals surface area contributed by atoms with Crippen molar-refractivity contribution in [2.45, 2.75) is 39.0 Å². The van der Waals surface area contributed by atoms with E-state index in [9.17, 15) is 0 Å². The van der Waals surface area contributed by atoms with Gasteiger partial charge >= 0.3 is 0 Å². The fraction of sp³-hybridized carbons (Fsp3) is 0.250. The van der Waals surface area contributed by atoms with Crippen molar-refractivity contribution in [1.82, 2.24) is 0 Å². The van der Waals surface area contributed by atoms with E-state index in [2.05, 4.69) is 105 Å². The van der Waals surface area contributed by atoms with Gasteiger partial charge in [0.15, 0.2) is 0 Å². The van der Waals surface area contributed by atoms with Crippen molar-refractivity contribution < 1.29 is 0 Å². The van der Waals surface area contributed by atoms with E-state index in [1.54, 1.807) is 0 Å². The lowest BCUT2D eigenvalue weighted by Gasteiger charge is -2.42. The molecule has 0 aromatic heterocycles. The molecule has 1 heteroatoms. The Bertz CT molecular complexity index is 906. The SMILES string of the molecule is CC(C)c1ccc2c(c1)C(C)(C)c1ccccc1N2c1ccccc1. The Labute approximate surface area is 150 Å². The van der Waals surface area contributed by atoms with Gasteiger partial charge in [0.05, 0.1) is 11.4 Å². The zero-order valence-corrected chi connectivity index (χ0v) is 15.5. The molecule has 0 atom stereocenters. The van der Waals surface area contributed by atoms with Crippen molar-refractivity contribution in [2.75, 3.05) is 4.90 Å². The summed E-state index contributed by atoms with van der Waals surface area (Å²) < 4.78 is 0. The summed E-state index contributed by atoms with van der Waals surface area (Å²) >= 11 is 0. The zero-order chi connectivity index (χ0) is 17.6. The van der Waals surface area contributed by atoms with Gasteiger partial charge in [-0.25, -0.2) is 0 Å². The maximum absolute atomic E-state index is 2.41. The number of fused-ring (bicyclic) bond motifs is 2. The number of nitrogens with zero attached hydrogens (tertiary/aromatic N) is 1. The third-order valence-corrected chi connectivity index (χ3v) is 5.43. The molecule has 0 N–H and O–H groups in total. The van der Waals surface area contributed by atoms with Crippen LogP contribution in [0, 0.1) is 0 Å². The minimum Gasteiger partial charge on any atom is -0.310 e. The first kappa shape index (κ1) is 16.0. The van der Waals surface area contributed by atoms with Crippen LogP contribution in [0.1, 0.15) is 50.3 Å². The molecule has 3 aromatic rings. The molecule has 0 aliphatic carbocycles. The average molecular weight is 327 g/mol. The van der Waals surface area contributed by atoms with Crippen LogP contribution in [0.4, 0.5) is 17.1 Å². The van der Waals surface area contributed by atoms with Crippen molar-refractivity contribution in [3.05, 3.63) is 89.5 Å². The molecule has 0 saturated carbocycles. The van der Waals surface area contributed by atoms with Crippen molar-refractivity contribution in [1.29, 1.82) is 0 Å². The van der Waals surface area contributed by atoms with Gasteiger partial charge in [0, 0.05) is 11.1 Å². The summed E-state index contributed by atoms with van der Waals surface area (Å²) in [6, 6.07) is 26.5. The van der Waals surface area contributed by atoms with Gasteiger partial charge in [-0.2, -0.15) is 0 Å². The Hall–Kier alpha value is -2.54. The van der Waals surface area contributed by atoms with Crippen LogP contribution in [0.5, 0.6) is 0 Å². The molecule has 1 heterocycles. The van der Waals surface area contributed by atoms with E-state index in [0.29, 0.717) is 5.92 Å². The molecule has 0 unspecified atom stereocenters. The molecule has 0 fully saturated rings. The van der Waals surface area contributed by atoms with E-state index in [1.807, 2.05) is 0 Å². The summed E-state index contributed by atoms with van der Waals surface area (Å²) in [6.07, 6.45) is 0. The quantitative estimate of drug-likeness (QED) is 0.494. The molecule has 4 rings (SSSR count). The average Bonchev–Trinajstić information content (AvgIpc) is 2.62. The molecule has 0 saturated heterocycles. The van der Waals surface area contributed by atoms with Crippen LogP contribution in [0.3, 0.4) is 0 Å². The number of rotatable bonds is 2. The second-order valence-corrected chi connectivity index (χ2v) is 7.74. The fourth-order valence-electron chi connectivity index (χ4n) is 3.94. The standard InChI is InChI=1S/C24H25N/c1-17(2)18-14-15-23-21(16-18)24(3,4)20-12-8-9-13-22(20)25(23)19-10-6-5-7-11-19/h5-17H,1-4H3. The maximum Gasteiger partial charge on any atom is 0.0502 e. The Balaban J connectivity index is 2.02. The largest absolute Gasteiger partial charge is 0.310 e. The van der Waals surface area contributed by atoms with Crippen LogP contribution < -0.4 is 4.90 Å². The lowest BCUT2D eigenvalue weighted by molar-refractivity contribution is 0.629. The molecule has 1 nitrogen and oxygen atoms in total. The summed E-state index contributed by atoms with van der Waals surface area (Å²) in [7, 11) is 0. The number of benzene rings is 3. The van der Waals surface area contributed by atoms with E-state index in [1.165, 1.54) is 33.8 Å². The van der Waals surface area contributed by atoms with E-state index in [0.717, 1.165) is 0 Å². The first-order valence-corrected chi connectivity index (χ1v) is 9.09. The van der Waals surface area contributed by atoms with Crippen LogP contribution >= 0.6 is 0 Å². The fourth-order valence-corrected chi connectivity index (χ4v) is 3.94. The van der Waals surface area contributed by atoms with E-state index < -0.39 is 0 Å². The molecule has 1 aliphatic heterocycles. The van der Waals surface area contributed by atoms with Gasteiger partial charge in [-0.3, -0.25) is 0 Å². The molecule has 25 heavy (non-hydrogen) atoms. The number of para-hydroxylation sites is 2. The highest BCUT2D eigenvalue weighted by molar-refractivity contribution is 5.85. The molecule has 1 aliphatic rings. The molecule has 0 amide bonds. The lowest BCUT2D eigenvalue weighted by Crippen LogP contribution is -2.30. The summed E-state index contributed by atoms with van der Waals surface area (Å²) in [4.78, 5) is 2.40. The summed E-state index contributed by atoms with van der Waals surface area (Å²) in [5.41, 5.74) is 7.96. The first-order chi connectivity index (χ1) is 12.0. The minimum atomic E-state index is -0.0118.